The van der Waals surface area contributed by atoms with E-state index in [1.807, 2.05) is 35.2 Å². The molecule has 0 spiro atoms. The van der Waals surface area contributed by atoms with Crippen molar-refractivity contribution in [2.45, 2.75) is 32.2 Å². The average molecular weight is 389 g/mol. The first-order valence-corrected chi connectivity index (χ1v) is 8.95. The molecule has 0 N–H and O–H groups in total. The number of fused-ring (bicyclic) bond motifs is 1. The molecule has 0 fully saturated rings. The summed E-state index contributed by atoms with van der Waals surface area (Å²) in [5, 5.41) is 8.21. The third-order valence-electron chi connectivity index (χ3n) is 4.53. The number of hydrogen-bond donors (Lipinski definition) is 0. The maximum absolute atomic E-state index is 12.4. The highest BCUT2D eigenvalue weighted by Gasteiger charge is 2.31. The molecule has 0 aliphatic carbocycles. The Bertz CT molecular complexity index is 941. The van der Waals surface area contributed by atoms with Gasteiger partial charge in [-0.3, -0.25) is 0 Å². The van der Waals surface area contributed by atoms with Crippen molar-refractivity contribution in [2.75, 3.05) is 11.4 Å². The molecule has 28 heavy (non-hydrogen) atoms. The molecular formula is C20H18F3N3O2. The van der Waals surface area contributed by atoms with Gasteiger partial charge in [0.2, 0.25) is 11.8 Å². The molecule has 8 heteroatoms. The quantitative estimate of drug-likeness (QED) is 0.643. The fourth-order valence-corrected chi connectivity index (χ4v) is 3.37. The molecule has 2 heterocycles. The Balaban J connectivity index is 1.47. The highest BCUT2D eigenvalue weighted by atomic mass is 19.4. The van der Waals surface area contributed by atoms with Crippen molar-refractivity contribution < 1.29 is 22.3 Å². The van der Waals surface area contributed by atoms with Crippen LogP contribution >= 0.6 is 0 Å². The van der Waals surface area contributed by atoms with Crippen molar-refractivity contribution in [3.63, 3.8) is 0 Å². The van der Waals surface area contributed by atoms with Crippen molar-refractivity contribution in [3.05, 3.63) is 71.4 Å². The van der Waals surface area contributed by atoms with Crippen LogP contribution in [0.4, 0.5) is 18.9 Å². The number of benzene rings is 2. The predicted octanol–water partition coefficient (Wildman–Crippen LogP) is 4.51. The molecule has 1 aromatic heterocycles. The van der Waals surface area contributed by atoms with E-state index in [1.165, 1.54) is 12.1 Å². The Hall–Kier alpha value is -3.03. The molecule has 1 aliphatic heterocycles. The molecule has 0 bridgehead atoms. The molecule has 0 saturated heterocycles. The minimum Gasteiger partial charge on any atom is -0.423 e. The summed E-state index contributed by atoms with van der Waals surface area (Å²) in [5.74, 6) is 0.817. The number of aromatic nitrogens is 2. The maximum atomic E-state index is 12.4. The smallest absolute Gasteiger partial charge is 0.423 e. The summed E-state index contributed by atoms with van der Waals surface area (Å²) in [6.45, 7) is 1.18. The highest BCUT2D eigenvalue weighted by molar-refractivity contribution is 5.58. The molecule has 3 aromatic rings. The van der Waals surface area contributed by atoms with Crippen LogP contribution in [0.15, 0.2) is 52.9 Å². The molecule has 4 rings (SSSR count). The summed E-state index contributed by atoms with van der Waals surface area (Å²) < 4.78 is 47.1. The second-order valence-electron chi connectivity index (χ2n) is 6.62. The highest BCUT2D eigenvalue weighted by Crippen LogP contribution is 2.33. The average Bonchev–Trinajstić information content (AvgIpc) is 3.08. The van der Waals surface area contributed by atoms with E-state index < -0.39 is 6.36 Å². The predicted molar refractivity (Wildman–Crippen MR) is 96.0 cm³/mol. The normalized spacial score (nSPS) is 14.0. The molecule has 146 valence electrons. The summed E-state index contributed by atoms with van der Waals surface area (Å²) in [6.07, 6.45) is -2.61. The lowest BCUT2D eigenvalue weighted by Gasteiger charge is -2.30. The number of rotatable bonds is 5. The molecule has 0 amide bonds. The minimum absolute atomic E-state index is 0.198. The zero-order chi connectivity index (χ0) is 19.6. The van der Waals surface area contributed by atoms with Crippen molar-refractivity contribution in [1.82, 2.24) is 10.2 Å². The molecule has 0 atom stereocenters. The first-order valence-electron chi connectivity index (χ1n) is 8.95. The van der Waals surface area contributed by atoms with Crippen LogP contribution in [0.25, 0.3) is 0 Å². The van der Waals surface area contributed by atoms with Crippen LogP contribution in [0.1, 0.15) is 29.3 Å². The monoisotopic (exact) mass is 389 g/mol. The number of hydrogen-bond acceptors (Lipinski definition) is 5. The number of halogens is 3. The van der Waals surface area contributed by atoms with E-state index in [9.17, 15) is 13.2 Å². The van der Waals surface area contributed by atoms with E-state index in [0.717, 1.165) is 29.8 Å². The van der Waals surface area contributed by atoms with Crippen LogP contribution in [0.2, 0.25) is 0 Å². The van der Waals surface area contributed by atoms with E-state index in [2.05, 4.69) is 14.9 Å². The lowest BCUT2D eigenvalue weighted by Crippen LogP contribution is -2.29. The van der Waals surface area contributed by atoms with Crippen molar-refractivity contribution in [1.29, 1.82) is 0 Å². The number of nitrogens with zero attached hydrogens (tertiary/aromatic N) is 3. The van der Waals surface area contributed by atoms with Gasteiger partial charge < -0.3 is 14.1 Å². The van der Waals surface area contributed by atoms with Gasteiger partial charge in [-0.05, 0) is 42.2 Å². The van der Waals surface area contributed by atoms with Crippen LogP contribution < -0.4 is 9.64 Å². The van der Waals surface area contributed by atoms with Crippen molar-refractivity contribution in [3.8, 4) is 5.75 Å². The van der Waals surface area contributed by atoms with Gasteiger partial charge in [0.15, 0.2) is 0 Å². The summed E-state index contributed by atoms with van der Waals surface area (Å²) >= 11 is 0. The molecule has 0 radical (unpaired) electrons. The number of alkyl halides is 3. The van der Waals surface area contributed by atoms with Gasteiger partial charge in [-0.2, -0.15) is 0 Å². The van der Waals surface area contributed by atoms with Gasteiger partial charge in [-0.15, -0.1) is 23.4 Å². The van der Waals surface area contributed by atoms with Crippen LogP contribution in [-0.4, -0.2) is 23.1 Å². The third kappa shape index (κ3) is 4.44. The van der Waals surface area contributed by atoms with Gasteiger partial charge in [0.1, 0.15) is 5.75 Å². The van der Waals surface area contributed by atoms with Crippen LogP contribution in [0.5, 0.6) is 5.75 Å². The van der Waals surface area contributed by atoms with Gasteiger partial charge in [0.05, 0.1) is 13.0 Å². The summed E-state index contributed by atoms with van der Waals surface area (Å²) in [5.41, 5.74) is 2.76. The van der Waals surface area contributed by atoms with Gasteiger partial charge in [-0.25, -0.2) is 0 Å². The van der Waals surface area contributed by atoms with Crippen LogP contribution in [0, 0.1) is 0 Å². The van der Waals surface area contributed by atoms with E-state index >= 15 is 0 Å². The Morgan fingerprint density at radius 1 is 1.04 bits per heavy atom. The van der Waals surface area contributed by atoms with E-state index in [0.29, 0.717) is 31.2 Å². The minimum atomic E-state index is -4.69. The van der Waals surface area contributed by atoms with Gasteiger partial charge >= 0.3 is 6.36 Å². The first kappa shape index (κ1) is 18.3. The summed E-state index contributed by atoms with van der Waals surface area (Å²) in [4.78, 5) is 2.04. The Morgan fingerprint density at radius 2 is 1.82 bits per heavy atom. The fourth-order valence-electron chi connectivity index (χ4n) is 3.37. The maximum Gasteiger partial charge on any atom is 0.573 e. The molecule has 0 saturated carbocycles. The van der Waals surface area contributed by atoms with Crippen molar-refractivity contribution >= 4 is 5.69 Å². The SMILES string of the molecule is FC(F)(F)Oc1ccc2c(c1)CCCN2Cc1nnc(Cc2ccccc2)o1. The standard InChI is InChI=1S/C20H18F3N3O2/c21-20(22,23)28-16-8-9-17-15(12-16)7-4-10-26(17)13-19-25-24-18(27-19)11-14-5-2-1-3-6-14/h1-3,5-6,8-9,12H,4,7,10-11,13H2. The van der Waals surface area contributed by atoms with E-state index in [1.54, 1.807) is 6.07 Å². The zero-order valence-corrected chi connectivity index (χ0v) is 14.9. The third-order valence-corrected chi connectivity index (χ3v) is 4.53. The molecule has 5 nitrogen and oxygen atoms in total. The van der Waals surface area contributed by atoms with E-state index in [-0.39, 0.29) is 5.75 Å². The van der Waals surface area contributed by atoms with Crippen molar-refractivity contribution in [2.24, 2.45) is 0 Å². The lowest BCUT2D eigenvalue weighted by atomic mass is 10.0. The van der Waals surface area contributed by atoms with Gasteiger partial charge in [0.25, 0.3) is 0 Å². The second kappa shape index (κ2) is 7.53. The largest absolute Gasteiger partial charge is 0.573 e. The van der Waals surface area contributed by atoms with Gasteiger partial charge in [0, 0.05) is 12.2 Å². The Morgan fingerprint density at radius 3 is 2.61 bits per heavy atom. The fraction of sp³-hybridized carbons (Fsp3) is 0.300. The Labute approximate surface area is 159 Å². The van der Waals surface area contributed by atoms with Crippen LogP contribution in [-0.2, 0) is 19.4 Å². The van der Waals surface area contributed by atoms with E-state index in [4.69, 9.17) is 4.42 Å². The number of ether oxygens (including phenoxy) is 1. The number of anilines is 1. The molecule has 1 aliphatic rings. The summed E-state index contributed by atoms with van der Waals surface area (Å²) in [6, 6.07) is 14.3. The lowest BCUT2D eigenvalue weighted by molar-refractivity contribution is -0.274. The topological polar surface area (TPSA) is 51.4 Å². The molecule has 2 aromatic carbocycles. The summed E-state index contributed by atoms with van der Waals surface area (Å²) in [7, 11) is 0. The zero-order valence-electron chi connectivity index (χ0n) is 14.9. The van der Waals surface area contributed by atoms with Crippen LogP contribution in [0.3, 0.4) is 0 Å². The number of aryl methyl sites for hydroxylation is 1. The van der Waals surface area contributed by atoms with Gasteiger partial charge in [-0.1, -0.05) is 30.3 Å². The second-order valence-corrected chi connectivity index (χ2v) is 6.62. The molecular weight excluding hydrogens is 371 g/mol. The molecule has 0 unspecified atom stereocenters. The Kier molecular flexibility index (Phi) is 4.93. The first-order chi connectivity index (χ1) is 13.5.